The molecule has 1 fully saturated rings. The molecule has 0 spiro atoms. The number of hydrogen-bond acceptors (Lipinski definition) is 2. The van der Waals surface area contributed by atoms with Crippen LogP contribution in [0.5, 0.6) is 0 Å². The highest BCUT2D eigenvalue weighted by Crippen LogP contribution is 2.37. The number of halogens is 1. The summed E-state index contributed by atoms with van der Waals surface area (Å²) >= 11 is 0. The normalized spacial score (nSPS) is 18.9. The van der Waals surface area contributed by atoms with Crippen LogP contribution in [0.2, 0.25) is 0 Å². The van der Waals surface area contributed by atoms with Gasteiger partial charge in [-0.3, -0.25) is 0 Å². The second-order valence-corrected chi connectivity index (χ2v) is 6.09. The molecule has 0 aliphatic heterocycles. The van der Waals surface area contributed by atoms with Gasteiger partial charge in [0.2, 0.25) is 0 Å². The molecule has 0 radical (unpaired) electrons. The third kappa shape index (κ3) is 3.83. The topological polar surface area (TPSA) is 21.3 Å². The zero-order chi connectivity index (χ0) is 15.3. The zero-order valence-corrected chi connectivity index (χ0v) is 13.5. The van der Waals surface area contributed by atoms with E-state index >= 15 is 0 Å². The molecule has 1 aliphatic carbocycles. The predicted octanol–water partition coefficient (Wildman–Crippen LogP) is 4.00. The maximum atomic E-state index is 13.3. The molecule has 2 rings (SSSR count). The Morgan fingerprint density at radius 3 is 2.57 bits per heavy atom. The summed E-state index contributed by atoms with van der Waals surface area (Å²) in [7, 11) is 0. The molecule has 1 aromatic carbocycles. The number of benzene rings is 1. The van der Waals surface area contributed by atoms with Gasteiger partial charge in [-0.25, -0.2) is 4.39 Å². The lowest BCUT2D eigenvalue weighted by molar-refractivity contribution is -0.0609. The number of hydrogen-bond donors (Lipinski definition) is 1. The summed E-state index contributed by atoms with van der Waals surface area (Å²) in [5, 5.41) is 3.62. The van der Waals surface area contributed by atoms with Crippen molar-refractivity contribution in [1.82, 2.24) is 5.32 Å². The van der Waals surface area contributed by atoms with E-state index < -0.39 is 0 Å². The summed E-state index contributed by atoms with van der Waals surface area (Å²) in [5.41, 5.74) is 2.20. The van der Waals surface area contributed by atoms with Crippen LogP contribution in [0.25, 0.3) is 0 Å². The van der Waals surface area contributed by atoms with Crippen LogP contribution in [0.1, 0.15) is 50.7 Å². The van der Waals surface area contributed by atoms with E-state index in [4.69, 9.17) is 4.74 Å². The number of ether oxygens (including phenoxy) is 1. The van der Waals surface area contributed by atoms with Crippen molar-refractivity contribution in [3.63, 3.8) is 0 Å². The van der Waals surface area contributed by atoms with Gasteiger partial charge < -0.3 is 10.1 Å². The summed E-state index contributed by atoms with van der Waals surface area (Å²) in [5.74, 6) is -0.156. The molecular formula is C18H28FNO. The van der Waals surface area contributed by atoms with E-state index in [0.29, 0.717) is 6.04 Å². The van der Waals surface area contributed by atoms with Gasteiger partial charge in [0.25, 0.3) is 0 Å². The van der Waals surface area contributed by atoms with Crippen molar-refractivity contribution >= 4 is 0 Å². The van der Waals surface area contributed by atoms with Crippen LogP contribution >= 0.6 is 0 Å². The Morgan fingerprint density at radius 1 is 1.29 bits per heavy atom. The van der Waals surface area contributed by atoms with Crippen LogP contribution in [-0.4, -0.2) is 24.8 Å². The van der Waals surface area contributed by atoms with Crippen molar-refractivity contribution < 1.29 is 9.13 Å². The SMILES string of the molecule is CCNC(Cc1ccc(F)cc1C)C1(OCC)CCCC1. The minimum Gasteiger partial charge on any atom is -0.374 e. The molecule has 0 bridgehead atoms. The van der Waals surface area contributed by atoms with Crippen LogP contribution in [0.4, 0.5) is 4.39 Å². The molecule has 1 N–H and O–H groups in total. The molecule has 118 valence electrons. The van der Waals surface area contributed by atoms with E-state index in [0.717, 1.165) is 38.0 Å². The van der Waals surface area contributed by atoms with Crippen molar-refractivity contribution in [2.45, 2.75) is 64.5 Å². The van der Waals surface area contributed by atoms with Gasteiger partial charge in [-0.1, -0.05) is 25.8 Å². The molecule has 0 saturated heterocycles. The first-order valence-corrected chi connectivity index (χ1v) is 8.23. The molecule has 3 heteroatoms. The Labute approximate surface area is 128 Å². The minimum atomic E-state index is -0.156. The third-order valence-electron chi connectivity index (χ3n) is 4.70. The predicted molar refractivity (Wildman–Crippen MR) is 85.1 cm³/mol. The molecule has 0 aromatic heterocycles. The van der Waals surface area contributed by atoms with Gasteiger partial charge in [-0.15, -0.1) is 0 Å². The van der Waals surface area contributed by atoms with Crippen molar-refractivity contribution in [2.75, 3.05) is 13.2 Å². The van der Waals surface area contributed by atoms with Gasteiger partial charge in [0.05, 0.1) is 5.60 Å². The number of nitrogens with one attached hydrogen (secondary N) is 1. The molecule has 21 heavy (non-hydrogen) atoms. The highest BCUT2D eigenvalue weighted by Gasteiger charge is 2.41. The zero-order valence-electron chi connectivity index (χ0n) is 13.5. The minimum absolute atomic E-state index is 0.0500. The lowest BCUT2D eigenvalue weighted by Gasteiger charge is -2.38. The van der Waals surface area contributed by atoms with E-state index in [1.54, 1.807) is 12.1 Å². The summed E-state index contributed by atoms with van der Waals surface area (Å²) in [6.07, 6.45) is 5.63. The van der Waals surface area contributed by atoms with E-state index in [1.165, 1.54) is 18.4 Å². The van der Waals surface area contributed by atoms with Gasteiger partial charge in [-0.05, 0) is 62.9 Å². The van der Waals surface area contributed by atoms with Crippen LogP contribution in [-0.2, 0) is 11.2 Å². The molecule has 1 saturated carbocycles. The van der Waals surface area contributed by atoms with Crippen LogP contribution < -0.4 is 5.32 Å². The fourth-order valence-electron chi connectivity index (χ4n) is 3.65. The quantitative estimate of drug-likeness (QED) is 0.820. The van der Waals surface area contributed by atoms with E-state index in [2.05, 4.69) is 19.2 Å². The van der Waals surface area contributed by atoms with Gasteiger partial charge in [-0.2, -0.15) is 0 Å². The Kier molecular flexibility index (Phi) is 5.77. The molecule has 1 aliphatic rings. The maximum Gasteiger partial charge on any atom is 0.123 e. The van der Waals surface area contributed by atoms with Gasteiger partial charge in [0.1, 0.15) is 5.82 Å². The first kappa shape index (κ1) is 16.4. The van der Waals surface area contributed by atoms with Gasteiger partial charge in [0.15, 0.2) is 0 Å². The summed E-state index contributed by atoms with van der Waals surface area (Å²) in [6, 6.07) is 5.41. The molecule has 0 amide bonds. The maximum absolute atomic E-state index is 13.3. The number of likely N-dealkylation sites (N-methyl/N-ethyl adjacent to an activating group) is 1. The molecule has 1 unspecified atom stereocenters. The Bertz CT molecular complexity index is 455. The summed E-state index contributed by atoms with van der Waals surface area (Å²) in [6.45, 7) is 7.89. The second kappa shape index (κ2) is 7.37. The van der Waals surface area contributed by atoms with Gasteiger partial charge >= 0.3 is 0 Å². The van der Waals surface area contributed by atoms with Crippen LogP contribution in [0.15, 0.2) is 18.2 Å². The molecule has 2 nitrogen and oxygen atoms in total. The van der Waals surface area contributed by atoms with Crippen LogP contribution in [0, 0.1) is 12.7 Å². The lowest BCUT2D eigenvalue weighted by atomic mass is 9.86. The largest absolute Gasteiger partial charge is 0.374 e. The van der Waals surface area contributed by atoms with Crippen molar-refractivity contribution in [2.24, 2.45) is 0 Å². The van der Waals surface area contributed by atoms with Crippen molar-refractivity contribution in [1.29, 1.82) is 0 Å². The highest BCUT2D eigenvalue weighted by atomic mass is 19.1. The molecule has 0 heterocycles. The smallest absolute Gasteiger partial charge is 0.123 e. The highest BCUT2D eigenvalue weighted by molar-refractivity contribution is 5.28. The fourth-order valence-corrected chi connectivity index (χ4v) is 3.65. The number of aryl methyl sites for hydroxylation is 1. The molecular weight excluding hydrogens is 265 g/mol. The van der Waals surface area contributed by atoms with Crippen molar-refractivity contribution in [3.8, 4) is 0 Å². The Morgan fingerprint density at radius 2 is 2.00 bits per heavy atom. The standard InChI is InChI=1S/C18H28FNO/c1-4-20-17(18(21-5-2)10-6-7-11-18)13-15-8-9-16(19)12-14(15)3/h8-9,12,17,20H,4-7,10-11,13H2,1-3H3. The molecule has 1 aromatic rings. The third-order valence-corrected chi connectivity index (χ3v) is 4.70. The summed E-state index contributed by atoms with van der Waals surface area (Å²) in [4.78, 5) is 0. The summed E-state index contributed by atoms with van der Waals surface area (Å²) < 4.78 is 19.5. The fraction of sp³-hybridized carbons (Fsp3) is 0.667. The lowest BCUT2D eigenvalue weighted by Crippen LogP contribution is -2.52. The average molecular weight is 293 g/mol. The van der Waals surface area contributed by atoms with E-state index in [-0.39, 0.29) is 11.4 Å². The molecule has 1 atom stereocenters. The van der Waals surface area contributed by atoms with Gasteiger partial charge in [0, 0.05) is 12.6 Å². The monoisotopic (exact) mass is 293 g/mol. The Balaban J connectivity index is 2.21. The second-order valence-electron chi connectivity index (χ2n) is 6.09. The van der Waals surface area contributed by atoms with Crippen LogP contribution in [0.3, 0.4) is 0 Å². The van der Waals surface area contributed by atoms with E-state index in [1.807, 2.05) is 13.0 Å². The van der Waals surface area contributed by atoms with Crippen molar-refractivity contribution in [3.05, 3.63) is 35.1 Å². The average Bonchev–Trinajstić information content (AvgIpc) is 2.91. The number of rotatable bonds is 7. The first-order chi connectivity index (χ1) is 10.1. The first-order valence-electron chi connectivity index (χ1n) is 8.23. The van der Waals surface area contributed by atoms with E-state index in [9.17, 15) is 4.39 Å². The Hall–Kier alpha value is -0.930.